The molecule has 2 fully saturated rings. The van der Waals surface area contributed by atoms with Crippen molar-refractivity contribution in [3.05, 3.63) is 53.3 Å². The van der Waals surface area contributed by atoms with Gasteiger partial charge in [-0.15, -0.1) is 0 Å². The molecule has 6 nitrogen and oxygen atoms in total. The molecular weight excluding hydrogens is 352 g/mol. The molecule has 28 heavy (non-hydrogen) atoms. The van der Waals surface area contributed by atoms with E-state index in [2.05, 4.69) is 17.2 Å². The highest BCUT2D eigenvalue weighted by atomic mass is 16.2. The largest absolute Gasteiger partial charge is 0.341 e. The SMILES string of the molecule is O=C(C1Cc2ccccc2CN1C(=O)c1ccnn1CC1CC1)N1CCCC1. The Kier molecular flexibility index (Phi) is 4.41. The lowest BCUT2D eigenvalue weighted by Crippen LogP contribution is -2.53. The third-order valence-electron chi connectivity index (χ3n) is 6.28. The first-order valence-corrected chi connectivity index (χ1v) is 10.4. The fourth-order valence-corrected chi connectivity index (χ4v) is 4.46. The Morgan fingerprint density at radius 1 is 1.04 bits per heavy atom. The van der Waals surface area contributed by atoms with Crippen LogP contribution in [-0.4, -0.2) is 50.5 Å². The van der Waals surface area contributed by atoms with Crippen molar-refractivity contribution in [1.29, 1.82) is 0 Å². The molecule has 0 bridgehead atoms. The Morgan fingerprint density at radius 3 is 2.54 bits per heavy atom. The maximum Gasteiger partial charge on any atom is 0.273 e. The molecule has 146 valence electrons. The van der Waals surface area contributed by atoms with Gasteiger partial charge in [0.15, 0.2) is 0 Å². The van der Waals surface area contributed by atoms with Gasteiger partial charge in [-0.05, 0) is 48.8 Å². The van der Waals surface area contributed by atoms with Crippen LogP contribution in [-0.2, 0) is 24.3 Å². The minimum absolute atomic E-state index is 0.0785. The van der Waals surface area contributed by atoms with Crippen LogP contribution in [0.15, 0.2) is 36.5 Å². The molecule has 2 aliphatic heterocycles. The van der Waals surface area contributed by atoms with Gasteiger partial charge in [0.05, 0.1) is 0 Å². The first-order valence-electron chi connectivity index (χ1n) is 10.4. The summed E-state index contributed by atoms with van der Waals surface area (Å²) in [5, 5.41) is 4.38. The smallest absolute Gasteiger partial charge is 0.273 e. The lowest BCUT2D eigenvalue weighted by Gasteiger charge is -2.37. The van der Waals surface area contributed by atoms with Crippen LogP contribution in [0.4, 0.5) is 0 Å². The van der Waals surface area contributed by atoms with E-state index in [1.165, 1.54) is 18.4 Å². The van der Waals surface area contributed by atoms with Crippen molar-refractivity contribution in [2.75, 3.05) is 13.1 Å². The summed E-state index contributed by atoms with van der Waals surface area (Å²) in [6.07, 6.45) is 6.81. The molecule has 0 radical (unpaired) electrons. The molecule has 2 amide bonds. The Bertz CT molecular complexity index is 895. The molecule has 1 saturated carbocycles. The summed E-state index contributed by atoms with van der Waals surface area (Å²) in [6, 6.07) is 9.53. The number of carbonyl (C=O) groups excluding carboxylic acids is 2. The Labute approximate surface area is 165 Å². The molecule has 1 unspecified atom stereocenters. The van der Waals surface area contributed by atoms with E-state index in [0.29, 0.717) is 24.6 Å². The number of hydrogen-bond acceptors (Lipinski definition) is 3. The molecule has 0 N–H and O–H groups in total. The molecule has 0 spiro atoms. The molecule has 6 heteroatoms. The van der Waals surface area contributed by atoms with Crippen molar-refractivity contribution in [2.45, 2.75) is 51.2 Å². The summed E-state index contributed by atoms with van der Waals surface area (Å²) in [6.45, 7) is 2.88. The first-order chi connectivity index (χ1) is 13.7. The maximum atomic E-state index is 13.5. The van der Waals surface area contributed by atoms with Gasteiger partial charge < -0.3 is 9.80 Å². The van der Waals surface area contributed by atoms with Gasteiger partial charge >= 0.3 is 0 Å². The third kappa shape index (κ3) is 3.21. The predicted octanol–water partition coefficient (Wildman–Crippen LogP) is 2.48. The van der Waals surface area contributed by atoms with Crippen LogP contribution in [0.3, 0.4) is 0 Å². The minimum Gasteiger partial charge on any atom is -0.341 e. The number of likely N-dealkylation sites (tertiary alicyclic amines) is 1. The van der Waals surface area contributed by atoms with E-state index in [4.69, 9.17) is 0 Å². The molecule has 1 aliphatic carbocycles. The van der Waals surface area contributed by atoms with Crippen LogP contribution >= 0.6 is 0 Å². The molecule has 1 aromatic heterocycles. The lowest BCUT2D eigenvalue weighted by atomic mass is 9.93. The summed E-state index contributed by atoms with van der Waals surface area (Å²) in [5.74, 6) is 0.648. The number of benzene rings is 1. The summed E-state index contributed by atoms with van der Waals surface area (Å²) in [4.78, 5) is 30.5. The highest BCUT2D eigenvalue weighted by Crippen LogP contribution is 2.31. The third-order valence-corrected chi connectivity index (χ3v) is 6.28. The summed E-state index contributed by atoms with van der Waals surface area (Å²) in [7, 11) is 0. The van der Waals surface area contributed by atoms with Crippen molar-refractivity contribution >= 4 is 11.8 Å². The predicted molar refractivity (Wildman–Crippen MR) is 105 cm³/mol. The molecule has 1 saturated heterocycles. The van der Waals surface area contributed by atoms with E-state index in [9.17, 15) is 9.59 Å². The zero-order valence-corrected chi connectivity index (χ0v) is 16.1. The zero-order chi connectivity index (χ0) is 19.1. The second kappa shape index (κ2) is 7.08. The lowest BCUT2D eigenvalue weighted by molar-refractivity contribution is -0.135. The van der Waals surface area contributed by atoms with Gasteiger partial charge in [0.2, 0.25) is 5.91 Å². The standard InChI is InChI=1S/C22H26N4O2/c27-21(24-11-3-4-12-24)20-13-17-5-1-2-6-18(17)15-25(20)22(28)19-9-10-23-26(19)14-16-7-8-16/h1-2,5-6,9-10,16,20H,3-4,7-8,11-15H2. The fourth-order valence-electron chi connectivity index (χ4n) is 4.46. The highest BCUT2D eigenvalue weighted by Gasteiger charge is 2.38. The van der Waals surface area contributed by atoms with Gasteiger partial charge in [-0.3, -0.25) is 14.3 Å². The summed E-state index contributed by atoms with van der Waals surface area (Å²) in [5.41, 5.74) is 2.91. The van der Waals surface area contributed by atoms with E-state index in [0.717, 1.165) is 38.0 Å². The van der Waals surface area contributed by atoms with E-state index in [1.54, 1.807) is 17.2 Å². The number of amides is 2. The van der Waals surface area contributed by atoms with Crippen molar-refractivity contribution < 1.29 is 9.59 Å². The van der Waals surface area contributed by atoms with E-state index < -0.39 is 6.04 Å². The van der Waals surface area contributed by atoms with Crippen LogP contribution < -0.4 is 0 Å². The molecule has 5 rings (SSSR count). The van der Waals surface area contributed by atoms with Gasteiger partial charge in [-0.2, -0.15) is 5.10 Å². The second-order valence-electron chi connectivity index (χ2n) is 8.30. The normalized spacial score (nSPS) is 21.6. The topological polar surface area (TPSA) is 58.4 Å². The van der Waals surface area contributed by atoms with Crippen molar-refractivity contribution in [2.24, 2.45) is 5.92 Å². The number of nitrogens with zero attached hydrogens (tertiary/aromatic N) is 4. The average molecular weight is 378 g/mol. The van der Waals surface area contributed by atoms with Crippen LogP contribution in [0.1, 0.15) is 47.3 Å². The Hall–Kier alpha value is -2.63. The number of carbonyl (C=O) groups is 2. The monoisotopic (exact) mass is 378 g/mol. The van der Waals surface area contributed by atoms with Gasteiger partial charge in [0.25, 0.3) is 5.91 Å². The van der Waals surface area contributed by atoms with Crippen LogP contribution in [0.2, 0.25) is 0 Å². The number of rotatable bonds is 4. The molecule has 3 aliphatic rings. The van der Waals surface area contributed by atoms with E-state index in [1.807, 2.05) is 21.7 Å². The van der Waals surface area contributed by atoms with E-state index in [-0.39, 0.29) is 11.8 Å². The van der Waals surface area contributed by atoms with Crippen molar-refractivity contribution in [1.82, 2.24) is 19.6 Å². The van der Waals surface area contributed by atoms with Crippen molar-refractivity contribution in [3.8, 4) is 0 Å². The first kappa shape index (κ1) is 17.5. The van der Waals surface area contributed by atoms with Gasteiger partial charge in [0, 0.05) is 38.8 Å². The number of fused-ring (bicyclic) bond motifs is 1. The van der Waals surface area contributed by atoms with E-state index >= 15 is 0 Å². The zero-order valence-electron chi connectivity index (χ0n) is 16.1. The molecule has 3 heterocycles. The Morgan fingerprint density at radius 2 is 1.79 bits per heavy atom. The van der Waals surface area contributed by atoms with Crippen LogP contribution in [0.5, 0.6) is 0 Å². The van der Waals surface area contributed by atoms with Crippen LogP contribution in [0.25, 0.3) is 0 Å². The average Bonchev–Trinajstić information content (AvgIpc) is 3.18. The maximum absolute atomic E-state index is 13.5. The molecule has 1 atom stereocenters. The molecule has 1 aromatic carbocycles. The quantitative estimate of drug-likeness (QED) is 0.821. The van der Waals surface area contributed by atoms with Crippen LogP contribution in [0, 0.1) is 5.92 Å². The van der Waals surface area contributed by atoms with Crippen molar-refractivity contribution in [3.63, 3.8) is 0 Å². The molecule has 2 aromatic rings. The minimum atomic E-state index is -0.426. The van der Waals surface area contributed by atoms with Gasteiger partial charge in [-0.1, -0.05) is 24.3 Å². The second-order valence-corrected chi connectivity index (χ2v) is 8.30. The highest BCUT2D eigenvalue weighted by molar-refractivity contribution is 5.96. The fraction of sp³-hybridized carbons (Fsp3) is 0.500. The summed E-state index contributed by atoms with van der Waals surface area (Å²) >= 11 is 0. The van der Waals surface area contributed by atoms with Gasteiger partial charge in [-0.25, -0.2) is 0 Å². The Balaban J connectivity index is 1.46. The summed E-state index contributed by atoms with van der Waals surface area (Å²) < 4.78 is 1.83. The van der Waals surface area contributed by atoms with Gasteiger partial charge in [0.1, 0.15) is 11.7 Å². The number of aromatic nitrogens is 2. The molecular formula is C22H26N4O2. The number of hydrogen-bond donors (Lipinski definition) is 0.